The molecule has 1 aliphatic carbocycles. The van der Waals surface area contributed by atoms with Gasteiger partial charge in [-0.1, -0.05) is 24.3 Å². The third-order valence-electron chi connectivity index (χ3n) is 8.03. The van der Waals surface area contributed by atoms with Gasteiger partial charge in [0.25, 0.3) is 5.92 Å². The number of alkyl halides is 5. The molecule has 0 aromatic heterocycles. The Labute approximate surface area is 246 Å². The van der Waals surface area contributed by atoms with Crippen molar-refractivity contribution in [3.05, 3.63) is 71.8 Å². The van der Waals surface area contributed by atoms with Crippen LogP contribution >= 0.6 is 0 Å². The maximum atomic E-state index is 15.9. The number of ether oxygens (including phenoxy) is 1. The molecule has 1 atom stereocenters. The van der Waals surface area contributed by atoms with Gasteiger partial charge in [-0.15, -0.1) is 0 Å². The molecule has 3 N–H and O–H groups in total. The van der Waals surface area contributed by atoms with Gasteiger partial charge in [-0.25, -0.2) is 8.42 Å². The number of carbonyl (C=O) groups is 1. The zero-order valence-electron chi connectivity index (χ0n) is 23.1. The molecule has 7 nitrogen and oxygen atoms in total. The van der Waals surface area contributed by atoms with Gasteiger partial charge in [0.05, 0.1) is 16.6 Å². The van der Waals surface area contributed by atoms with Crippen molar-refractivity contribution in [3.63, 3.8) is 0 Å². The second-order valence-corrected chi connectivity index (χ2v) is 12.8. The lowest BCUT2D eigenvalue weighted by Crippen LogP contribution is -2.58. The lowest BCUT2D eigenvalue weighted by Gasteiger charge is -2.35. The molecule has 2 fully saturated rings. The first-order chi connectivity index (χ1) is 20.2. The van der Waals surface area contributed by atoms with Crippen molar-refractivity contribution in [2.24, 2.45) is 5.73 Å². The van der Waals surface area contributed by atoms with Crippen LogP contribution in [0, 0.1) is 0 Å². The Hall–Kier alpha value is -3.29. The number of amides is 1. The second-order valence-electron chi connectivity index (χ2n) is 11.1. The maximum absolute atomic E-state index is 15.9. The molecule has 1 amide bonds. The van der Waals surface area contributed by atoms with Gasteiger partial charge in [-0.05, 0) is 85.7 Å². The van der Waals surface area contributed by atoms with Crippen LogP contribution in [-0.4, -0.2) is 50.5 Å². The molecule has 0 bridgehead atoms. The van der Waals surface area contributed by atoms with Gasteiger partial charge in [0.15, 0.2) is 6.04 Å². The predicted octanol–water partition coefficient (Wildman–Crippen LogP) is 5.57. The largest absolute Gasteiger partial charge is 0.490 e. The van der Waals surface area contributed by atoms with Crippen LogP contribution in [0.15, 0.2) is 65.6 Å². The Balaban J connectivity index is 1.44. The Morgan fingerprint density at radius 3 is 2.07 bits per heavy atom. The Morgan fingerprint density at radius 2 is 1.44 bits per heavy atom. The molecule has 0 radical (unpaired) electrons. The monoisotopic (exact) mass is 625 g/mol. The zero-order chi connectivity index (χ0) is 31.0. The van der Waals surface area contributed by atoms with Crippen LogP contribution in [0.25, 0.3) is 10.8 Å². The van der Waals surface area contributed by atoms with E-state index in [9.17, 15) is 26.4 Å². The van der Waals surface area contributed by atoms with Gasteiger partial charge in [0.1, 0.15) is 5.75 Å². The predicted molar refractivity (Wildman–Crippen MR) is 150 cm³/mol. The number of benzene rings is 3. The summed E-state index contributed by atoms with van der Waals surface area (Å²) >= 11 is 0. The maximum Gasteiger partial charge on any atom is 0.416 e. The Morgan fingerprint density at radius 1 is 0.860 bits per heavy atom. The molecule has 3 aromatic carbocycles. The fourth-order valence-corrected chi connectivity index (χ4v) is 6.72. The van der Waals surface area contributed by atoms with Gasteiger partial charge < -0.3 is 15.4 Å². The van der Waals surface area contributed by atoms with Crippen LogP contribution in [0.2, 0.25) is 0 Å². The summed E-state index contributed by atoms with van der Waals surface area (Å²) in [7, 11) is -4.71. The second kappa shape index (κ2) is 12.0. The number of hydrogen-bond donors (Lipinski definition) is 2. The van der Waals surface area contributed by atoms with E-state index in [0.29, 0.717) is 53.6 Å². The minimum Gasteiger partial charge on any atom is -0.490 e. The third kappa shape index (κ3) is 6.94. The Bertz CT molecular complexity index is 1570. The minimum absolute atomic E-state index is 0.0303. The highest BCUT2D eigenvalue weighted by Gasteiger charge is 2.50. The molecule has 5 rings (SSSR count). The lowest BCUT2D eigenvalue weighted by molar-refractivity contribution is -0.145. The van der Waals surface area contributed by atoms with Crippen LogP contribution in [0.1, 0.15) is 49.7 Å². The van der Waals surface area contributed by atoms with Crippen LogP contribution in [0.3, 0.4) is 0 Å². The van der Waals surface area contributed by atoms with Crippen LogP contribution < -0.4 is 15.2 Å². The first kappa shape index (κ1) is 31.1. The van der Waals surface area contributed by atoms with E-state index in [0.717, 1.165) is 30.6 Å². The highest BCUT2D eigenvalue weighted by molar-refractivity contribution is 7.89. The molecule has 2 aliphatic rings. The number of likely N-dealkylation sites (tertiary alicyclic amines) is 1. The highest BCUT2D eigenvalue weighted by Crippen LogP contribution is 2.37. The molecule has 13 heteroatoms. The van der Waals surface area contributed by atoms with E-state index < -0.39 is 45.2 Å². The lowest BCUT2D eigenvalue weighted by atomic mass is 9.97. The SMILES string of the molecule is NC1CCN(C(=O)[C@@H](NS(=O)(=O)c2ccc3cc(OC4CCCC4)ccc3c2)C(F)(F)c2ccc(C(F)(F)F)cc2)CC1. The summed E-state index contributed by atoms with van der Waals surface area (Å²) < 4.78 is 106. The van der Waals surface area contributed by atoms with Crippen molar-refractivity contribution in [2.45, 2.75) is 73.7 Å². The van der Waals surface area contributed by atoms with E-state index in [2.05, 4.69) is 0 Å². The Kier molecular flexibility index (Phi) is 8.70. The molecule has 1 aliphatic heterocycles. The number of nitrogens with one attached hydrogen (secondary N) is 1. The smallest absolute Gasteiger partial charge is 0.416 e. The number of nitrogens with two attached hydrogens (primary N) is 1. The molecule has 43 heavy (non-hydrogen) atoms. The molecule has 1 heterocycles. The van der Waals surface area contributed by atoms with Crippen molar-refractivity contribution in [2.75, 3.05) is 13.1 Å². The van der Waals surface area contributed by atoms with Gasteiger partial charge in [0, 0.05) is 24.7 Å². The summed E-state index contributed by atoms with van der Waals surface area (Å²) in [6.45, 7) is 0.0606. The average molecular weight is 626 g/mol. The average Bonchev–Trinajstić information content (AvgIpc) is 3.48. The fourth-order valence-electron chi connectivity index (χ4n) is 5.49. The normalized spacial score (nSPS) is 18.2. The summed E-state index contributed by atoms with van der Waals surface area (Å²) in [4.78, 5) is 14.2. The first-order valence-corrected chi connectivity index (χ1v) is 15.5. The molecule has 1 saturated carbocycles. The fraction of sp³-hybridized carbons (Fsp3) is 0.433. The first-order valence-electron chi connectivity index (χ1n) is 14.1. The standard InChI is InChI=1S/C30H32F5N3O4S/c31-29(32,21-7-9-22(10-8-21)30(33,34)35)27(28(39)38-15-13-23(36)14-16-38)37-43(40,41)26-12-6-19-17-25(11-5-20(19)18-26)42-24-3-1-2-4-24/h5-12,17-18,23-24,27,37H,1-4,13-16,36H2/t27-/m1/s1. The summed E-state index contributed by atoms with van der Waals surface area (Å²) in [6, 6.07) is 8.35. The molecule has 3 aromatic rings. The van der Waals surface area contributed by atoms with E-state index in [4.69, 9.17) is 10.5 Å². The number of rotatable bonds is 8. The summed E-state index contributed by atoms with van der Waals surface area (Å²) in [5.74, 6) is -4.76. The van der Waals surface area contributed by atoms with Crippen molar-refractivity contribution in [1.29, 1.82) is 0 Å². The number of nitrogens with zero attached hydrogens (tertiary/aromatic N) is 1. The molecular weight excluding hydrogens is 593 g/mol. The summed E-state index contributed by atoms with van der Waals surface area (Å²) in [5.41, 5.74) is 3.77. The third-order valence-corrected chi connectivity index (χ3v) is 9.45. The van der Waals surface area contributed by atoms with Crippen molar-refractivity contribution in [1.82, 2.24) is 9.62 Å². The topological polar surface area (TPSA) is 102 Å². The summed E-state index contributed by atoms with van der Waals surface area (Å²) in [5, 5.41) is 1.17. The van der Waals surface area contributed by atoms with Gasteiger partial charge in [-0.3, -0.25) is 4.79 Å². The van der Waals surface area contributed by atoms with E-state index >= 15 is 8.78 Å². The number of hydrogen-bond acceptors (Lipinski definition) is 5. The van der Waals surface area contributed by atoms with E-state index in [-0.39, 0.29) is 30.1 Å². The molecule has 0 unspecified atom stereocenters. The quantitative estimate of drug-likeness (QED) is 0.319. The number of carbonyl (C=O) groups excluding carboxylic acids is 1. The van der Waals surface area contributed by atoms with E-state index in [1.165, 1.54) is 18.2 Å². The van der Waals surface area contributed by atoms with Crippen LogP contribution in [0.4, 0.5) is 22.0 Å². The number of fused-ring (bicyclic) bond motifs is 1. The zero-order valence-corrected chi connectivity index (χ0v) is 23.9. The number of sulfonamides is 1. The van der Waals surface area contributed by atoms with E-state index in [1.807, 2.05) is 4.72 Å². The molecule has 232 valence electrons. The van der Waals surface area contributed by atoms with Crippen molar-refractivity contribution >= 4 is 26.7 Å². The molecular formula is C30H32F5N3O4S. The summed E-state index contributed by atoms with van der Waals surface area (Å²) in [6.07, 6.45) is 0.125. The van der Waals surface area contributed by atoms with Crippen molar-refractivity contribution in [3.8, 4) is 5.75 Å². The number of halogens is 5. The molecule has 0 spiro atoms. The van der Waals surface area contributed by atoms with Gasteiger partial charge in [0.2, 0.25) is 15.9 Å². The van der Waals surface area contributed by atoms with Crippen LogP contribution in [-0.2, 0) is 26.9 Å². The molecule has 1 saturated heterocycles. The van der Waals surface area contributed by atoms with Crippen LogP contribution in [0.5, 0.6) is 5.75 Å². The minimum atomic E-state index is -4.77. The van der Waals surface area contributed by atoms with Crippen molar-refractivity contribution < 1.29 is 39.9 Å². The van der Waals surface area contributed by atoms with Gasteiger partial charge >= 0.3 is 6.18 Å². The van der Waals surface area contributed by atoms with Gasteiger partial charge in [-0.2, -0.15) is 26.7 Å². The van der Waals surface area contributed by atoms with E-state index in [1.54, 1.807) is 18.2 Å². The highest BCUT2D eigenvalue weighted by atomic mass is 32.2. The number of piperidine rings is 1.